The molecule has 4 unspecified atom stereocenters. The molecule has 4 atom stereocenters. The highest BCUT2D eigenvalue weighted by Crippen LogP contribution is 2.43. The molecule has 1 N–H and O–H groups in total. The standard InChI is InChI=1S/C32H35FN2O.C27H46OSi.C18H26O.C16H25IO.C14H10ClFN2.C11H22Si/c1-5-7-10-25(6-2)22-36-28-19-23(3)29(24(4)20-28)17-18-32-34-30-11-8-9-12-31(30)35(32)21-26-13-15-27(33)16-14-26;1-11-13-14-25(12-2)19-28-26-17-23(9)27(24(10)18-26)15-16-29(20(3)4,21(5)6)22(7)8;1-6-9-10-16(7-2)13-19-17-11-14(4)18(8-3)15(5)12-17;1-5-7-8-14(6-2)11-18-15-9-12(3)16(17)13(4)10-15;15-14-17-12-3-1-2-4-13(12)18(14)9-10-5-7-11(16)8-6-10;1-8-12(9(2)3,10(4)5)11(6)7/h8-9,11-16,19-20,25H,5-7,10,21-22H2,1-4H3;17-18,20-22,25H,11-14,19H2,1-10H3;3,11-12,16H,6-7,9-10,13H2,1-2,4-5H3;9-10,14H,5-8,11H2,1-4H3;1-8H,9H2;1,9-11H,2-7H3/p+1. The number of ether oxygens (including phenoxy) is 4. The number of halogens is 4. The van der Waals surface area contributed by atoms with Gasteiger partial charge < -0.3 is 23.5 Å². The number of rotatable bonds is 38. The predicted molar refractivity (Wildman–Crippen MR) is 578 cm³/mol. The van der Waals surface area contributed by atoms with Gasteiger partial charge in [0, 0.05) is 26.2 Å². The summed E-state index contributed by atoms with van der Waals surface area (Å²) in [4.78, 5) is 7.74. The van der Waals surface area contributed by atoms with Gasteiger partial charge in [0.15, 0.2) is 11.0 Å². The van der Waals surface area contributed by atoms with Crippen LogP contribution in [-0.2, 0) is 13.1 Å². The summed E-state index contributed by atoms with van der Waals surface area (Å²) in [5.74, 6) is 20.0. The van der Waals surface area contributed by atoms with Gasteiger partial charge in [-0.25, -0.2) is 23.3 Å². The molecule has 0 aliphatic carbocycles. The maximum Gasteiger partial charge on any atom is 0.334 e. The van der Waals surface area contributed by atoms with Crippen LogP contribution in [0.4, 0.5) is 8.78 Å². The highest BCUT2D eigenvalue weighted by atomic mass is 127. The number of fused-ring (bicyclic) bond motifs is 2. The first-order valence-electron chi connectivity index (χ1n) is 49.6. The maximum atomic E-state index is 13.4. The monoisotopic (exact) mass is 1960 g/mol. The van der Waals surface area contributed by atoms with E-state index in [4.69, 9.17) is 43.4 Å². The lowest BCUT2D eigenvalue weighted by atomic mass is 10.00. The summed E-state index contributed by atoms with van der Waals surface area (Å²) in [5, 5.41) is 0.445. The van der Waals surface area contributed by atoms with Crippen molar-refractivity contribution in [2.24, 2.45) is 23.7 Å². The summed E-state index contributed by atoms with van der Waals surface area (Å²) in [7, 11) is -3.18. The van der Waals surface area contributed by atoms with Gasteiger partial charge in [-0.1, -0.05) is 282 Å². The fourth-order valence-electron chi connectivity index (χ4n) is 18.4. The number of imidazole rings is 2. The minimum Gasteiger partial charge on any atom is -0.493 e. The van der Waals surface area contributed by atoms with E-state index in [1.807, 2.05) is 73.0 Å². The molecule has 10 rings (SSSR count). The van der Waals surface area contributed by atoms with E-state index in [2.05, 4.69) is 307 Å². The zero-order valence-electron chi connectivity index (χ0n) is 86.3. The Morgan fingerprint density at radius 3 is 1.12 bits per heavy atom. The Balaban J connectivity index is 0.000000290. The number of nitrogens with one attached hydrogen (secondary N) is 1. The van der Waals surface area contributed by atoms with E-state index in [1.165, 1.54) is 152 Å². The Bertz CT molecular complexity index is 5220. The Labute approximate surface area is 820 Å². The zero-order chi connectivity index (χ0) is 98.0. The number of aromatic amines is 1. The van der Waals surface area contributed by atoms with Gasteiger partial charge in [-0.2, -0.15) is 0 Å². The number of aromatic nitrogens is 4. The van der Waals surface area contributed by atoms with Gasteiger partial charge in [0.2, 0.25) is 5.28 Å². The Morgan fingerprint density at radius 1 is 0.432 bits per heavy atom. The summed E-state index contributed by atoms with van der Waals surface area (Å²) in [6.07, 6.45) is 31.1. The topological polar surface area (TPSA) is 74.4 Å². The average molecular weight is 1960 g/mol. The van der Waals surface area contributed by atoms with Gasteiger partial charge in [-0.3, -0.25) is 0 Å². The number of benzene rings is 8. The van der Waals surface area contributed by atoms with Crippen LogP contribution < -0.4 is 23.5 Å². The predicted octanol–water partition coefficient (Wildman–Crippen LogP) is 33.8. The van der Waals surface area contributed by atoms with Crippen molar-refractivity contribution in [3.8, 4) is 70.6 Å². The molecule has 0 radical (unpaired) electrons. The van der Waals surface area contributed by atoms with Crippen LogP contribution in [0.25, 0.3) is 22.1 Å². The third kappa shape index (κ3) is 34.7. The molecule has 132 heavy (non-hydrogen) atoms. The molecule has 0 amide bonds. The van der Waals surface area contributed by atoms with Gasteiger partial charge in [0.05, 0.1) is 44.0 Å². The number of H-pyrrole nitrogens is 1. The van der Waals surface area contributed by atoms with Crippen LogP contribution in [0.5, 0.6) is 23.0 Å². The van der Waals surface area contributed by atoms with Gasteiger partial charge in [0.1, 0.15) is 57.3 Å². The molecule has 0 saturated heterocycles. The molecule has 0 spiro atoms. The van der Waals surface area contributed by atoms with E-state index in [-0.39, 0.29) is 11.6 Å². The number of aryl methyl sites for hydroxylation is 8. The molecule has 8 nitrogen and oxygen atoms in total. The summed E-state index contributed by atoms with van der Waals surface area (Å²) < 4.78 is 56.0. The highest BCUT2D eigenvalue weighted by Gasteiger charge is 2.43. The number of terminal acetylenes is 2. The van der Waals surface area contributed by atoms with Gasteiger partial charge in [0.25, 0.3) is 0 Å². The molecule has 0 aliphatic rings. The van der Waals surface area contributed by atoms with Gasteiger partial charge in [-0.05, 0) is 325 Å². The van der Waals surface area contributed by atoms with Crippen LogP contribution in [0, 0.1) is 142 Å². The van der Waals surface area contributed by atoms with Crippen molar-refractivity contribution in [2.45, 2.75) is 343 Å². The summed E-state index contributed by atoms with van der Waals surface area (Å²) >= 11 is 8.52. The summed E-state index contributed by atoms with van der Waals surface area (Å²) in [6, 6.07) is 45.9. The first-order valence-corrected chi connectivity index (χ1v) is 55.5. The van der Waals surface area contributed by atoms with Crippen LogP contribution in [0.3, 0.4) is 0 Å². The molecule has 0 fully saturated rings. The van der Waals surface area contributed by atoms with Gasteiger partial charge >= 0.3 is 5.82 Å². The van der Waals surface area contributed by atoms with Crippen molar-refractivity contribution >= 4 is 72.4 Å². The third-order valence-electron chi connectivity index (χ3n) is 26.7. The van der Waals surface area contributed by atoms with E-state index in [0.29, 0.717) is 75.3 Å². The fourth-order valence-corrected chi connectivity index (χ4v) is 29.2. The quantitative estimate of drug-likeness (QED) is 0.0181. The molecule has 2 aromatic heterocycles. The molecule has 716 valence electrons. The van der Waals surface area contributed by atoms with E-state index in [0.717, 1.165) is 128 Å². The van der Waals surface area contributed by atoms with Crippen molar-refractivity contribution in [1.29, 1.82) is 0 Å². The second-order valence-electron chi connectivity index (χ2n) is 38.4. The maximum absolute atomic E-state index is 13.4. The van der Waals surface area contributed by atoms with E-state index < -0.39 is 16.1 Å². The van der Waals surface area contributed by atoms with Crippen LogP contribution in [-0.4, -0.2) is 57.1 Å². The molecule has 0 bridgehead atoms. The van der Waals surface area contributed by atoms with Crippen molar-refractivity contribution in [2.75, 3.05) is 26.4 Å². The molecule has 10 aromatic rings. The number of para-hydroxylation sites is 4. The Hall–Kier alpha value is -8.55. The number of hydrogen-bond acceptors (Lipinski definition) is 5. The molecular weight excluding hydrogens is 1790 g/mol. The van der Waals surface area contributed by atoms with E-state index in [9.17, 15) is 8.78 Å². The summed E-state index contributed by atoms with van der Waals surface area (Å²) in [5.41, 5.74) is 29.8. The SMILES string of the molecule is C#C[Si](C(C)C)(C(C)C)C(C)C.C#Cc1c(C)cc(OCC(CC)CCCC)cc1C.CCCCC(CC)COc1cc(C)c(C#C[Si](C(C)C)(C(C)C)C(C)C)c(C)c1.CCCCC(CC)COc1cc(C)c(C#Cc2[nH]c3ccccc3[n+]2Cc2ccc(F)cc2)c(C)c1.CCCCC(CC)COc1cc(C)c(I)c(C)c1.Fc1ccc(Cn2c(Cl)nc3ccccc32)cc1. The molecular formula is C118H165ClF2IN4O4Si2+. The first kappa shape index (κ1) is 114. The zero-order valence-corrected chi connectivity index (χ0v) is 91.2. The smallest absolute Gasteiger partial charge is 0.334 e. The van der Waals surface area contributed by atoms with Crippen molar-refractivity contribution in [3.63, 3.8) is 0 Å². The van der Waals surface area contributed by atoms with Crippen molar-refractivity contribution in [1.82, 2.24) is 14.5 Å². The highest BCUT2D eigenvalue weighted by molar-refractivity contribution is 14.1. The first-order chi connectivity index (χ1) is 62.9. The number of hydrogen-bond donors (Lipinski definition) is 1. The van der Waals surface area contributed by atoms with Crippen LogP contribution in [0.2, 0.25) is 38.5 Å². The lowest BCUT2D eigenvalue weighted by Crippen LogP contribution is -2.43. The minimum atomic E-state index is -1.71. The van der Waals surface area contributed by atoms with Crippen molar-refractivity contribution in [3.05, 3.63) is 244 Å². The molecule has 0 saturated carbocycles. The van der Waals surface area contributed by atoms with E-state index >= 15 is 0 Å². The molecule has 14 heteroatoms. The summed E-state index contributed by atoms with van der Waals surface area (Å²) in [6.45, 7) is 67.3. The van der Waals surface area contributed by atoms with Crippen LogP contribution in [0.15, 0.2) is 146 Å². The van der Waals surface area contributed by atoms with Crippen LogP contribution in [0.1, 0.15) is 319 Å². The van der Waals surface area contributed by atoms with E-state index in [1.54, 1.807) is 12.1 Å². The average Bonchev–Trinajstić information content (AvgIpc) is 1.19. The minimum absolute atomic E-state index is 0.229. The fraction of sp³-hybridized carbons (Fsp3) is 0.508. The lowest BCUT2D eigenvalue weighted by molar-refractivity contribution is -0.664. The van der Waals surface area contributed by atoms with Gasteiger partial charge in [-0.15, -0.1) is 23.9 Å². The molecule has 2 heterocycles. The second kappa shape index (κ2) is 58.7. The van der Waals surface area contributed by atoms with Crippen molar-refractivity contribution < 1.29 is 32.3 Å². The second-order valence-corrected chi connectivity index (χ2v) is 51.1. The third-order valence-corrected chi connectivity index (χ3v) is 41.2. The Kier molecular flexibility index (Phi) is 50.7. The largest absolute Gasteiger partial charge is 0.493 e. The van der Waals surface area contributed by atoms with Crippen LogP contribution >= 0.6 is 34.2 Å². The number of nitrogens with zero attached hydrogens (tertiary/aromatic N) is 3. The molecule has 0 aliphatic heterocycles. The molecule has 8 aromatic carbocycles. The number of unbranched alkanes of at least 4 members (excludes halogenated alkanes) is 4. The Morgan fingerprint density at radius 2 is 0.773 bits per heavy atom. The normalized spacial score (nSPS) is 12.2. The lowest BCUT2D eigenvalue weighted by Gasteiger charge is -2.38.